The predicted octanol–water partition coefficient (Wildman–Crippen LogP) is 0.847. The molecule has 0 aliphatic carbocycles. The zero-order valence-electron chi connectivity index (χ0n) is 8.31. The van der Waals surface area contributed by atoms with E-state index in [1.165, 1.54) is 0 Å². The van der Waals surface area contributed by atoms with Gasteiger partial charge in [0.25, 0.3) is 0 Å². The molecule has 0 unspecified atom stereocenters. The standard InChI is InChI=1S/C8H11ClN6/c1-2-15(5-3-4-10)8-13-6(9)12-7(11)14-8/h2-3,5H2,1H3,(H2,11,12,13,14). The molecule has 2 N–H and O–H groups in total. The summed E-state index contributed by atoms with van der Waals surface area (Å²) in [6.45, 7) is 3.17. The monoisotopic (exact) mass is 226 g/mol. The van der Waals surface area contributed by atoms with Gasteiger partial charge in [-0.25, -0.2) is 0 Å². The van der Waals surface area contributed by atoms with Gasteiger partial charge in [0.2, 0.25) is 17.2 Å². The first-order chi connectivity index (χ1) is 7.17. The van der Waals surface area contributed by atoms with E-state index in [4.69, 9.17) is 22.6 Å². The van der Waals surface area contributed by atoms with Crippen molar-refractivity contribution in [3.63, 3.8) is 0 Å². The maximum absolute atomic E-state index is 8.49. The highest BCUT2D eigenvalue weighted by Crippen LogP contribution is 2.11. The molecule has 0 bridgehead atoms. The molecule has 1 heterocycles. The quantitative estimate of drug-likeness (QED) is 0.818. The van der Waals surface area contributed by atoms with Gasteiger partial charge < -0.3 is 10.6 Å². The Morgan fingerprint density at radius 1 is 1.47 bits per heavy atom. The molecule has 15 heavy (non-hydrogen) atoms. The van der Waals surface area contributed by atoms with E-state index in [0.717, 1.165) is 0 Å². The third-order valence-electron chi connectivity index (χ3n) is 1.77. The summed E-state index contributed by atoms with van der Waals surface area (Å²) < 4.78 is 0. The number of anilines is 2. The molecule has 0 saturated heterocycles. The van der Waals surface area contributed by atoms with Crippen molar-refractivity contribution < 1.29 is 0 Å². The third-order valence-corrected chi connectivity index (χ3v) is 1.94. The molecule has 6 nitrogen and oxygen atoms in total. The molecule has 0 atom stereocenters. The SMILES string of the molecule is CCN(CCC#N)c1nc(N)nc(Cl)n1. The van der Waals surface area contributed by atoms with Gasteiger partial charge in [-0.15, -0.1) is 0 Å². The van der Waals surface area contributed by atoms with E-state index in [9.17, 15) is 0 Å². The van der Waals surface area contributed by atoms with E-state index in [-0.39, 0.29) is 11.2 Å². The Kier molecular flexibility index (Phi) is 4.06. The van der Waals surface area contributed by atoms with Crippen LogP contribution in [0.1, 0.15) is 13.3 Å². The van der Waals surface area contributed by atoms with Crippen LogP contribution in [0.25, 0.3) is 0 Å². The predicted molar refractivity (Wildman–Crippen MR) is 57.4 cm³/mol. The summed E-state index contributed by atoms with van der Waals surface area (Å²) in [7, 11) is 0. The molecule has 0 fully saturated rings. The lowest BCUT2D eigenvalue weighted by Crippen LogP contribution is -2.26. The molecule has 0 aromatic carbocycles. The Bertz CT molecular complexity index is 354. The van der Waals surface area contributed by atoms with E-state index >= 15 is 0 Å². The molecule has 7 heteroatoms. The van der Waals surface area contributed by atoms with E-state index in [2.05, 4.69) is 21.0 Å². The van der Waals surface area contributed by atoms with Crippen molar-refractivity contribution in [1.82, 2.24) is 15.0 Å². The van der Waals surface area contributed by atoms with Gasteiger partial charge in [0, 0.05) is 13.1 Å². The first kappa shape index (κ1) is 11.5. The summed E-state index contributed by atoms with van der Waals surface area (Å²) in [6, 6.07) is 2.05. The summed E-state index contributed by atoms with van der Waals surface area (Å²) in [4.78, 5) is 13.4. The van der Waals surface area contributed by atoms with E-state index < -0.39 is 0 Å². The van der Waals surface area contributed by atoms with E-state index in [1.54, 1.807) is 0 Å². The summed E-state index contributed by atoms with van der Waals surface area (Å²) in [5.41, 5.74) is 5.44. The Labute approximate surface area is 92.7 Å². The minimum atomic E-state index is 0.0629. The average molecular weight is 227 g/mol. The summed E-state index contributed by atoms with van der Waals surface area (Å²) in [5.74, 6) is 0.491. The normalized spacial score (nSPS) is 9.67. The molecule has 1 aromatic rings. The molecular formula is C8H11ClN6. The average Bonchev–Trinajstić information content (AvgIpc) is 2.17. The number of halogens is 1. The van der Waals surface area contributed by atoms with Crippen molar-refractivity contribution in [1.29, 1.82) is 5.26 Å². The fraction of sp³-hybridized carbons (Fsp3) is 0.500. The van der Waals surface area contributed by atoms with Crippen molar-refractivity contribution in [2.75, 3.05) is 23.7 Å². The van der Waals surface area contributed by atoms with Crippen LogP contribution in [0.5, 0.6) is 0 Å². The van der Waals surface area contributed by atoms with Gasteiger partial charge in [0.15, 0.2) is 0 Å². The number of nitriles is 1. The molecule has 0 aliphatic rings. The number of hydrogen-bond acceptors (Lipinski definition) is 6. The van der Waals surface area contributed by atoms with Crippen LogP contribution in [-0.2, 0) is 0 Å². The molecule has 0 radical (unpaired) electrons. The number of nitrogen functional groups attached to an aromatic ring is 1. The topological polar surface area (TPSA) is 91.7 Å². The van der Waals surface area contributed by atoms with Gasteiger partial charge in [0.1, 0.15) is 0 Å². The van der Waals surface area contributed by atoms with Gasteiger partial charge in [-0.3, -0.25) is 0 Å². The second kappa shape index (κ2) is 5.32. The number of rotatable bonds is 4. The highest BCUT2D eigenvalue weighted by molar-refractivity contribution is 6.28. The van der Waals surface area contributed by atoms with Crippen LogP contribution in [0.4, 0.5) is 11.9 Å². The van der Waals surface area contributed by atoms with Gasteiger partial charge in [-0.1, -0.05) is 0 Å². The fourth-order valence-corrected chi connectivity index (χ4v) is 1.24. The van der Waals surface area contributed by atoms with Crippen molar-refractivity contribution in [2.24, 2.45) is 0 Å². The second-order valence-electron chi connectivity index (χ2n) is 2.75. The minimum absolute atomic E-state index is 0.0629. The first-order valence-electron chi connectivity index (χ1n) is 4.46. The molecule has 0 aliphatic heterocycles. The van der Waals surface area contributed by atoms with Crippen LogP contribution in [-0.4, -0.2) is 28.0 Å². The molecule has 1 rings (SSSR count). The summed E-state index contributed by atoms with van der Waals surface area (Å²) in [5, 5.41) is 8.55. The Balaban J connectivity index is 2.87. The second-order valence-corrected chi connectivity index (χ2v) is 3.09. The Hall–Kier alpha value is -1.61. The van der Waals surface area contributed by atoms with Gasteiger partial charge in [-0.05, 0) is 18.5 Å². The Morgan fingerprint density at radius 3 is 2.73 bits per heavy atom. The molecular weight excluding hydrogens is 216 g/mol. The maximum Gasteiger partial charge on any atom is 0.231 e. The van der Waals surface area contributed by atoms with Crippen LogP contribution in [0.2, 0.25) is 5.28 Å². The zero-order chi connectivity index (χ0) is 11.3. The lowest BCUT2D eigenvalue weighted by Gasteiger charge is -2.18. The highest BCUT2D eigenvalue weighted by atomic mass is 35.5. The number of nitrogens with two attached hydrogens (primary N) is 1. The van der Waals surface area contributed by atoms with Crippen LogP contribution in [0, 0.1) is 11.3 Å². The van der Waals surface area contributed by atoms with Gasteiger partial charge >= 0.3 is 0 Å². The largest absolute Gasteiger partial charge is 0.368 e. The number of aromatic nitrogens is 3. The highest BCUT2D eigenvalue weighted by Gasteiger charge is 2.09. The summed E-state index contributed by atoms with van der Waals surface area (Å²) in [6.07, 6.45) is 0.400. The van der Waals surface area contributed by atoms with Crippen LogP contribution < -0.4 is 10.6 Å². The minimum Gasteiger partial charge on any atom is -0.368 e. The zero-order valence-corrected chi connectivity index (χ0v) is 9.07. The first-order valence-corrected chi connectivity index (χ1v) is 4.84. The van der Waals surface area contributed by atoms with Gasteiger partial charge in [-0.2, -0.15) is 20.2 Å². The van der Waals surface area contributed by atoms with E-state index in [1.807, 2.05) is 11.8 Å². The van der Waals surface area contributed by atoms with Crippen LogP contribution in [0.3, 0.4) is 0 Å². The van der Waals surface area contributed by atoms with Crippen molar-refractivity contribution >= 4 is 23.5 Å². The Morgan fingerprint density at radius 2 is 2.20 bits per heavy atom. The maximum atomic E-state index is 8.49. The van der Waals surface area contributed by atoms with E-state index in [0.29, 0.717) is 25.5 Å². The number of nitrogens with zero attached hydrogens (tertiary/aromatic N) is 5. The molecule has 80 valence electrons. The number of hydrogen-bond donors (Lipinski definition) is 1. The third kappa shape index (κ3) is 3.22. The molecule has 0 saturated carbocycles. The lowest BCUT2D eigenvalue weighted by atomic mass is 10.4. The summed E-state index contributed by atoms with van der Waals surface area (Å²) >= 11 is 5.65. The van der Waals surface area contributed by atoms with Gasteiger partial charge in [0.05, 0.1) is 12.5 Å². The van der Waals surface area contributed by atoms with Crippen LogP contribution >= 0.6 is 11.6 Å². The fourth-order valence-electron chi connectivity index (χ4n) is 1.08. The van der Waals surface area contributed by atoms with Crippen molar-refractivity contribution in [3.05, 3.63) is 5.28 Å². The molecule has 0 spiro atoms. The lowest BCUT2D eigenvalue weighted by molar-refractivity contribution is 0.785. The van der Waals surface area contributed by atoms with Crippen molar-refractivity contribution in [2.45, 2.75) is 13.3 Å². The smallest absolute Gasteiger partial charge is 0.231 e. The molecule has 0 amide bonds. The molecule has 1 aromatic heterocycles. The van der Waals surface area contributed by atoms with Crippen LogP contribution in [0.15, 0.2) is 0 Å². The van der Waals surface area contributed by atoms with Crippen molar-refractivity contribution in [3.8, 4) is 6.07 Å².